The molecule has 0 saturated heterocycles. The van der Waals surface area contributed by atoms with Crippen molar-refractivity contribution in [3.05, 3.63) is 53.8 Å². The van der Waals surface area contributed by atoms with Crippen LogP contribution in [0.5, 0.6) is 5.75 Å². The first-order valence-corrected chi connectivity index (χ1v) is 5.37. The van der Waals surface area contributed by atoms with Gasteiger partial charge in [0, 0.05) is 12.1 Å². The Labute approximate surface area is 99.8 Å². The summed E-state index contributed by atoms with van der Waals surface area (Å²) < 4.78 is 18.9. The Balaban J connectivity index is 2.38. The average molecular weight is 231 g/mol. The van der Waals surface area contributed by atoms with Crippen LogP contribution in [0.25, 0.3) is 11.1 Å². The van der Waals surface area contributed by atoms with E-state index >= 15 is 0 Å². The molecule has 3 heteroatoms. The van der Waals surface area contributed by atoms with E-state index in [0.717, 1.165) is 16.9 Å². The van der Waals surface area contributed by atoms with Crippen molar-refractivity contribution >= 4 is 0 Å². The molecule has 2 nitrogen and oxygen atoms in total. The summed E-state index contributed by atoms with van der Waals surface area (Å²) >= 11 is 0. The largest absolute Gasteiger partial charge is 0.497 e. The van der Waals surface area contributed by atoms with Gasteiger partial charge in [0.05, 0.1) is 7.11 Å². The van der Waals surface area contributed by atoms with Gasteiger partial charge in [-0.05, 0) is 29.3 Å². The van der Waals surface area contributed by atoms with Crippen LogP contribution in [-0.4, -0.2) is 7.11 Å². The number of benzene rings is 2. The zero-order chi connectivity index (χ0) is 12.3. The normalized spacial score (nSPS) is 10.3. The maximum absolute atomic E-state index is 13.8. The highest BCUT2D eigenvalue weighted by Crippen LogP contribution is 2.25. The molecule has 0 aliphatic rings. The minimum atomic E-state index is -0.252. The highest BCUT2D eigenvalue weighted by atomic mass is 19.1. The molecular formula is C14H14FNO. The van der Waals surface area contributed by atoms with Gasteiger partial charge >= 0.3 is 0 Å². The van der Waals surface area contributed by atoms with E-state index in [-0.39, 0.29) is 5.82 Å². The van der Waals surface area contributed by atoms with Crippen LogP contribution in [0.15, 0.2) is 42.5 Å². The summed E-state index contributed by atoms with van der Waals surface area (Å²) in [5.41, 5.74) is 7.65. The van der Waals surface area contributed by atoms with E-state index in [0.29, 0.717) is 12.1 Å². The molecule has 88 valence electrons. The summed E-state index contributed by atoms with van der Waals surface area (Å²) in [7, 11) is 1.60. The summed E-state index contributed by atoms with van der Waals surface area (Å²) in [5, 5.41) is 0. The molecule has 0 aromatic heterocycles. The lowest BCUT2D eigenvalue weighted by molar-refractivity contribution is 0.415. The maximum atomic E-state index is 13.8. The van der Waals surface area contributed by atoms with Gasteiger partial charge in [0.1, 0.15) is 11.6 Å². The molecule has 0 spiro atoms. The second-order valence-corrected chi connectivity index (χ2v) is 3.75. The maximum Gasteiger partial charge on any atom is 0.131 e. The van der Waals surface area contributed by atoms with Crippen molar-refractivity contribution in [3.8, 4) is 16.9 Å². The van der Waals surface area contributed by atoms with Gasteiger partial charge in [-0.15, -0.1) is 0 Å². The fourth-order valence-electron chi connectivity index (χ4n) is 1.69. The van der Waals surface area contributed by atoms with Crippen LogP contribution in [-0.2, 0) is 6.54 Å². The van der Waals surface area contributed by atoms with Crippen LogP contribution in [0.2, 0.25) is 0 Å². The van der Waals surface area contributed by atoms with Crippen molar-refractivity contribution in [1.82, 2.24) is 0 Å². The SMILES string of the molecule is COc1ccc(-c2ccc(CN)cc2F)cc1. The van der Waals surface area contributed by atoms with Crippen LogP contribution in [0.1, 0.15) is 5.56 Å². The van der Waals surface area contributed by atoms with Crippen molar-refractivity contribution in [2.24, 2.45) is 5.73 Å². The third kappa shape index (κ3) is 2.45. The molecule has 0 bridgehead atoms. The Kier molecular flexibility index (Phi) is 3.40. The lowest BCUT2D eigenvalue weighted by atomic mass is 10.0. The predicted octanol–water partition coefficient (Wildman–Crippen LogP) is 2.96. The zero-order valence-electron chi connectivity index (χ0n) is 9.61. The van der Waals surface area contributed by atoms with E-state index in [1.54, 1.807) is 13.2 Å². The van der Waals surface area contributed by atoms with E-state index in [1.807, 2.05) is 30.3 Å². The van der Waals surface area contributed by atoms with Crippen LogP contribution < -0.4 is 10.5 Å². The molecule has 2 aromatic rings. The Morgan fingerprint density at radius 2 is 1.82 bits per heavy atom. The third-order valence-corrected chi connectivity index (χ3v) is 2.67. The Bertz CT molecular complexity index is 508. The second kappa shape index (κ2) is 4.97. The van der Waals surface area contributed by atoms with E-state index < -0.39 is 0 Å². The second-order valence-electron chi connectivity index (χ2n) is 3.75. The molecule has 2 N–H and O–H groups in total. The zero-order valence-corrected chi connectivity index (χ0v) is 9.61. The fourth-order valence-corrected chi connectivity index (χ4v) is 1.69. The number of nitrogens with two attached hydrogens (primary N) is 1. The van der Waals surface area contributed by atoms with Crippen LogP contribution in [0.4, 0.5) is 4.39 Å². The van der Waals surface area contributed by atoms with Crippen molar-refractivity contribution in [3.63, 3.8) is 0 Å². The van der Waals surface area contributed by atoms with E-state index in [1.165, 1.54) is 6.07 Å². The molecule has 0 heterocycles. The van der Waals surface area contributed by atoms with Gasteiger partial charge in [-0.1, -0.05) is 24.3 Å². The summed E-state index contributed by atoms with van der Waals surface area (Å²) in [4.78, 5) is 0. The highest BCUT2D eigenvalue weighted by Gasteiger charge is 2.05. The van der Waals surface area contributed by atoms with Gasteiger partial charge in [0.15, 0.2) is 0 Å². The molecule has 2 aromatic carbocycles. The minimum Gasteiger partial charge on any atom is -0.497 e. The van der Waals surface area contributed by atoms with E-state index in [2.05, 4.69) is 0 Å². The number of hydrogen-bond acceptors (Lipinski definition) is 2. The Morgan fingerprint density at radius 3 is 2.35 bits per heavy atom. The lowest BCUT2D eigenvalue weighted by Gasteiger charge is -2.06. The molecule has 0 aliphatic carbocycles. The summed E-state index contributed by atoms with van der Waals surface area (Å²) in [6.07, 6.45) is 0. The summed E-state index contributed by atoms with van der Waals surface area (Å²) in [5.74, 6) is 0.505. The number of ether oxygens (including phenoxy) is 1. The van der Waals surface area contributed by atoms with Crippen LogP contribution in [0, 0.1) is 5.82 Å². The van der Waals surface area contributed by atoms with Gasteiger partial charge in [-0.3, -0.25) is 0 Å². The molecule has 0 atom stereocenters. The smallest absolute Gasteiger partial charge is 0.131 e. The van der Waals surface area contributed by atoms with Crippen molar-refractivity contribution < 1.29 is 9.13 Å². The molecule has 17 heavy (non-hydrogen) atoms. The molecule has 0 amide bonds. The molecule has 0 aliphatic heterocycles. The predicted molar refractivity (Wildman–Crippen MR) is 66.3 cm³/mol. The molecule has 0 fully saturated rings. The minimum absolute atomic E-state index is 0.252. The standard InChI is InChI=1S/C14H14FNO/c1-17-12-5-3-11(4-6-12)13-7-2-10(9-16)8-14(13)15/h2-8H,9,16H2,1H3. The summed E-state index contributed by atoms with van der Waals surface area (Å²) in [6.45, 7) is 0.347. The average Bonchev–Trinajstić information content (AvgIpc) is 2.39. The number of halogens is 1. The number of methoxy groups -OCH3 is 1. The van der Waals surface area contributed by atoms with E-state index in [9.17, 15) is 4.39 Å². The van der Waals surface area contributed by atoms with Gasteiger partial charge in [-0.2, -0.15) is 0 Å². The van der Waals surface area contributed by atoms with Gasteiger partial charge in [-0.25, -0.2) is 4.39 Å². The lowest BCUT2D eigenvalue weighted by Crippen LogP contribution is -1.97. The topological polar surface area (TPSA) is 35.2 Å². The molecule has 0 radical (unpaired) electrons. The monoisotopic (exact) mass is 231 g/mol. The van der Waals surface area contributed by atoms with Gasteiger partial charge in [0.2, 0.25) is 0 Å². The third-order valence-electron chi connectivity index (χ3n) is 2.67. The first-order chi connectivity index (χ1) is 8.24. The molecular weight excluding hydrogens is 217 g/mol. The van der Waals surface area contributed by atoms with Crippen molar-refractivity contribution in [2.45, 2.75) is 6.54 Å². The van der Waals surface area contributed by atoms with Gasteiger partial charge in [0.25, 0.3) is 0 Å². The van der Waals surface area contributed by atoms with Crippen molar-refractivity contribution in [2.75, 3.05) is 7.11 Å². The highest BCUT2D eigenvalue weighted by molar-refractivity contribution is 5.65. The molecule has 2 rings (SSSR count). The van der Waals surface area contributed by atoms with Crippen LogP contribution in [0.3, 0.4) is 0 Å². The summed E-state index contributed by atoms with van der Waals surface area (Å²) in [6, 6.07) is 12.3. The first-order valence-electron chi connectivity index (χ1n) is 5.37. The van der Waals surface area contributed by atoms with Gasteiger partial charge < -0.3 is 10.5 Å². The first kappa shape index (κ1) is 11.6. The Hall–Kier alpha value is -1.87. The Morgan fingerprint density at radius 1 is 1.12 bits per heavy atom. The van der Waals surface area contributed by atoms with Crippen molar-refractivity contribution in [1.29, 1.82) is 0 Å². The van der Waals surface area contributed by atoms with E-state index in [4.69, 9.17) is 10.5 Å². The quantitative estimate of drug-likeness (QED) is 0.881. The van der Waals surface area contributed by atoms with Crippen LogP contribution >= 0.6 is 0 Å². The molecule has 0 saturated carbocycles. The number of hydrogen-bond donors (Lipinski definition) is 1. The number of rotatable bonds is 3. The fraction of sp³-hybridized carbons (Fsp3) is 0.143. The molecule has 0 unspecified atom stereocenters.